The minimum atomic E-state index is -0.721. The summed E-state index contributed by atoms with van der Waals surface area (Å²) >= 11 is 0. The Balaban J connectivity index is 1.56. The smallest absolute Gasteiger partial charge is 0.410 e. The molecule has 0 unspecified atom stereocenters. The molecule has 0 aromatic heterocycles. The number of benzene rings is 2. The van der Waals surface area contributed by atoms with Crippen molar-refractivity contribution in [3.8, 4) is 11.1 Å². The Morgan fingerprint density at radius 3 is 2.30 bits per heavy atom. The Morgan fingerprint density at radius 2 is 1.70 bits per heavy atom. The van der Waals surface area contributed by atoms with Crippen molar-refractivity contribution in [2.75, 3.05) is 26.4 Å². The van der Waals surface area contributed by atoms with Crippen molar-refractivity contribution in [3.05, 3.63) is 85.0 Å². The number of rotatable bonds is 4. The molecule has 138 valence electrons. The highest BCUT2D eigenvalue weighted by Crippen LogP contribution is 2.44. The standard InChI is InChI=1S/C23H23NO3/c1-3-23(4-2)16-26-14-13-24(23)22(25)27-15-21-19-11-7-5-9-17(19)18-10-6-8-12-20(18)21/h3-12,21H,1-2,13-16H2. The largest absolute Gasteiger partial charge is 0.448 e. The third kappa shape index (κ3) is 2.86. The fraction of sp³-hybridized carbons (Fsp3) is 0.261. The first-order chi connectivity index (χ1) is 13.2. The van der Waals surface area contributed by atoms with Crippen molar-refractivity contribution >= 4 is 6.09 Å². The van der Waals surface area contributed by atoms with Gasteiger partial charge in [-0.3, -0.25) is 4.90 Å². The van der Waals surface area contributed by atoms with Gasteiger partial charge in [0.15, 0.2) is 0 Å². The van der Waals surface area contributed by atoms with Crippen LogP contribution in [-0.4, -0.2) is 42.9 Å². The van der Waals surface area contributed by atoms with Crippen molar-refractivity contribution in [1.82, 2.24) is 4.90 Å². The summed E-state index contributed by atoms with van der Waals surface area (Å²) in [5.41, 5.74) is 4.11. The lowest BCUT2D eigenvalue weighted by Crippen LogP contribution is -2.57. The van der Waals surface area contributed by atoms with Crippen LogP contribution in [-0.2, 0) is 9.47 Å². The Labute approximate surface area is 159 Å². The van der Waals surface area contributed by atoms with Gasteiger partial charge in [-0.1, -0.05) is 60.7 Å². The summed E-state index contributed by atoms with van der Waals surface area (Å²) in [4.78, 5) is 14.5. The van der Waals surface area contributed by atoms with Crippen LogP contribution in [0.4, 0.5) is 4.79 Å². The van der Waals surface area contributed by atoms with Crippen molar-refractivity contribution in [2.24, 2.45) is 0 Å². The van der Waals surface area contributed by atoms with Crippen molar-refractivity contribution in [3.63, 3.8) is 0 Å². The van der Waals surface area contributed by atoms with Crippen LogP contribution in [0, 0.1) is 0 Å². The van der Waals surface area contributed by atoms with Crippen LogP contribution in [0.1, 0.15) is 17.0 Å². The molecular formula is C23H23NO3. The summed E-state index contributed by atoms with van der Waals surface area (Å²) in [5, 5.41) is 0. The van der Waals surface area contributed by atoms with E-state index in [-0.39, 0.29) is 12.0 Å². The highest BCUT2D eigenvalue weighted by atomic mass is 16.6. The van der Waals surface area contributed by atoms with E-state index in [2.05, 4.69) is 37.4 Å². The van der Waals surface area contributed by atoms with E-state index in [4.69, 9.17) is 9.47 Å². The molecule has 0 radical (unpaired) electrons. The van der Waals surface area contributed by atoms with Crippen LogP contribution in [0.25, 0.3) is 11.1 Å². The van der Waals surface area contributed by atoms with E-state index < -0.39 is 5.54 Å². The molecule has 4 rings (SSSR count). The summed E-state index contributed by atoms with van der Waals surface area (Å²) in [6.45, 7) is 9.30. The molecule has 0 N–H and O–H groups in total. The highest BCUT2D eigenvalue weighted by molar-refractivity contribution is 5.79. The predicted molar refractivity (Wildman–Crippen MR) is 106 cm³/mol. The first-order valence-corrected chi connectivity index (χ1v) is 9.18. The van der Waals surface area contributed by atoms with Gasteiger partial charge < -0.3 is 9.47 Å². The molecule has 1 fully saturated rings. The normalized spacial score (nSPS) is 17.7. The van der Waals surface area contributed by atoms with Gasteiger partial charge in [-0.2, -0.15) is 0 Å². The maximum absolute atomic E-state index is 12.9. The van der Waals surface area contributed by atoms with Gasteiger partial charge in [0.1, 0.15) is 12.1 Å². The number of ether oxygens (including phenoxy) is 2. The summed E-state index contributed by atoms with van der Waals surface area (Å²) in [5.74, 6) is 0.0456. The summed E-state index contributed by atoms with van der Waals surface area (Å²) < 4.78 is 11.3. The van der Waals surface area contributed by atoms with Gasteiger partial charge >= 0.3 is 6.09 Å². The van der Waals surface area contributed by atoms with Crippen LogP contribution in [0.5, 0.6) is 0 Å². The highest BCUT2D eigenvalue weighted by Gasteiger charge is 2.39. The minimum Gasteiger partial charge on any atom is -0.448 e. The molecule has 2 aliphatic rings. The Bertz CT molecular complexity index is 835. The molecule has 0 bridgehead atoms. The lowest BCUT2D eigenvalue weighted by atomic mass is 9.97. The second-order valence-corrected chi connectivity index (χ2v) is 6.91. The molecule has 4 nitrogen and oxygen atoms in total. The number of carbonyl (C=O) groups excluding carboxylic acids is 1. The zero-order valence-electron chi connectivity index (χ0n) is 15.3. The molecular weight excluding hydrogens is 338 g/mol. The molecule has 4 heteroatoms. The summed E-state index contributed by atoms with van der Waals surface area (Å²) in [7, 11) is 0. The van der Waals surface area contributed by atoms with Gasteiger partial charge in [0.05, 0.1) is 13.2 Å². The van der Waals surface area contributed by atoms with E-state index in [1.54, 1.807) is 17.1 Å². The molecule has 1 aliphatic carbocycles. The molecule has 2 aromatic rings. The van der Waals surface area contributed by atoms with E-state index >= 15 is 0 Å². The molecule has 27 heavy (non-hydrogen) atoms. The predicted octanol–water partition coefficient (Wildman–Crippen LogP) is 4.38. The first kappa shape index (κ1) is 17.6. The molecule has 1 amide bonds. The fourth-order valence-corrected chi connectivity index (χ4v) is 4.03. The zero-order valence-corrected chi connectivity index (χ0v) is 15.3. The number of morpholine rings is 1. The molecule has 2 aromatic carbocycles. The molecule has 1 heterocycles. The fourth-order valence-electron chi connectivity index (χ4n) is 4.03. The van der Waals surface area contributed by atoms with E-state index in [1.165, 1.54) is 22.3 Å². The Morgan fingerprint density at radius 1 is 1.11 bits per heavy atom. The topological polar surface area (TPSA) is 38.8 Å². The van der Waals surface area contributed by atoms with Crippen LogP contribution >= 0.6 is 0 Å². The molecule has 1 aliphatic heterocycles. The second-order valence-electron chi connectivity index (χ2n) is 6.91. The van der Waals surface area contributed by atoms with Crippen LogP contribution in [0.2, 0.25) is 0 Å². The quantitative estimate of drug-likeness (QED) is 0.759. The van der Waals surface area contributed by atoms with Crippen molar-refractivity contribution < 1.29 is 14.3 Å². The number of hydrogen-bond acceptors (Lipinski definition) is 3. The average Bonchev–Trinajstić information content (AvgIpc) is 3.05. The third-order valence-electron chi connectivity index (χ3n) is 5.56. The van der Waals surface area contributed by atoms with Crippen LogP contribution in [0.15, 0.2) is 73.8 Å². The number of hydrogen-bond donors (Lipinski definition) is 0. The SMILES string of the molecule is C=CC1(C=C)COCCN1C(=O)OCC1c2ccccc2-c2ccccc21. The summed E-state index contributed by atoms with van der Waals surface area (Å²) in [6.07, 6.45) is 3.03. The van der Waals surface area contributed by atoms with E-state index in [9.17, 15) is 4.79 Å². The minimum absolute atomic E-state index is 0.0456. The number of carbonyl (C=O) groups is 1. The van der Waals surface area contributed by atoms with Gasteiger partial charge in [0.25, 0.3) is 0 Å². The zero-order chi connectivity index (χ0) is 18.9. The van der Waals surface area contributed by atoms with E-state index in [1.807, 2.05) is 24.3 Å². The molecule has 1 saturated heterocycles. The van der Waals surface area contributed by atoms with Gasteiger partial charge in [-0.05, 0) is 22.3 Å². The monoisotopic (exact) mass is 361 g/mol. The maximum Gasteiger partial charge on any atom is 0.410 e. The van der Waals surface area contributed by atoms with Gasteiger partial charge in [-0.15, -0.1) is 13.2 Å². The molecule has 0 spiro atoms. The van der Waals surface area contributed by atoms with Gasteiger partial charge in [0.2, 0.25) is 0 Å². The second kappa shape index (κ2) is 7.05. The van der Waals surface area contributed by atoms with E-state index in [0.29, 0.717) is 26.4 Å². The lowest BCUT2D eigenvalue weighted by Gasteiger charge is -2.42. The Kier molecular flexibility index (Phi) is 4.58. The van der Waals surface area contributed by atoms with Crippen molar-refractivity contribution in [2.45, 2.75) is 11.5 Å². The van der Waals surface area contributed by atoms with Crippen LogP contribution in [0.3, 0.4) is 0 Å². The number of nitrogens with zero attached hydrogens (tertiary/aromatic N) is 1. The third-order valence-corrected chi connectivity index (χ3v) is 5.56. The molecule has 0 saturated carbocycles. The number of fused-ring (bicyclic) bond motifs is 3. The Hall–Kier alpha value is -2.85. The summed E-state index contributed by atoms with van der Waals surface area (Å²) in [6, 6.07) is 16.6. The number of amides is 1. The lowest BCUT2D eigenvalue weighted by molar-refractivity contribution is -0.0222. The van der Waals surface area contributed by atoms with E-state index in [0.717, 1.165) is 0 Å². The first-order valence-electron chi connectivity index (χ1n) is 9.18. The van der Waals surface area contributed by atoms with Crippen LogP contribution < -0.4 is 0 Å². The average molecular weight is 361 g/mol. The van der Waals surface area contributed by atoms with Gasteiger partial charge in [-0.25, -0.2) is 4.79 Å². The molecule has 0 atom stereocenters. The van der Waals surface area contributed by atoms with Gasteiger partial charge in [0, 0.05) is 12.5 Å². The maximum atomic E-state index is 12.9. The van der Waals surface area contributed by atoms with Crippen molar-refractivity contribution in [1.29, 1.82) is 0 Å².